The van der Waals surface area contributed by atoms with Crippen LogP contribution < -0.4 is 4.74 Å². The topological polar surface area (TPSA) is 26.3 Å². The normalized spacial score (nSPS) is 10.5. The predicted molar refractivity (Wildman–Crippen MR) is 79.8 cm³/mol. The van der Waals surface area contributed by atoms with E-state index in [2.05, 4.69) is 15.9 Å². The van der Waals surface area contributed by atoms with Crippen LogP contribution in [0.3, 0.4) is 0 Å². The summed E-state index contributed by atoms with van der Waals surface area (Å²) in [7, 11) is 1.46. The van der Waals surface area contributed by atoms with Gasteiger partial charge in [0, 0.05) is 10.9 Å². The zero-order chi connectivity index (χ0) is 15.6. The van der Waals surface area contributed by atoms with Gasteiger partial charge in [-0.3, -0.25) is 4.79 Å². The first-order valence-corrected chi connectivity index (χ1v) is 7.03. The van der Waals surface area contributed by atoms with Crippen molar-refractivity contribution >= 4 is 21.7 Å². The molecule has 0 spiro atoms. The molecule has 0 unspecified atom stereocenters. The molecular formula is C16H13BrF2O2. The highest BCUT2D eigenvalue weighted by molar-refractivity contribution is 9.10. The van der Waals surface area contributed by atoms with Crippen LogP contribution in [0.5, 0.6) is 5.75 Å². The summed E-state index contributed by atoms with van der Waals surface area (Å²) >= 11 is 3.35. The number of methoxy groups -OCH3 is 1. The molecule has 0 N–H and O–H groups in total. The number of halogens is 3. The zero-order valence-electron chi connectivity index (χ0n) is 11.5. The van der Waals surface area contributed by atoms with Gasteiger partial charge in [-0.05, 0) is 36.2 Å². The van der Waals surface area contributed by atoms with E-state index in [1.807, 2.05) is 6.92 Å². The lowest BCUT2D eigenvalue weighted by atomic mass is 10.0. The highest BCUT2D eigenvalue weighted by Gasteiger charge is 2.17. The van der Waals surface area contributed by atoms with E-state index in [9.17, 15) is 13.6 Å². The molecule has 0 fully saturated rings. The lowest BCUT2D eigenvalue weighted by Gasteiger charge is -2.11. The highest BCUT2D eigenvalue weighted by Crippen LogP contribution is 2.28. The number of hydrogen-bond acceptors (Lipinski definition) is 2. The smallest absolute Gasteiger partial charge is 0.171 e. The number of carbonyl (C=O) groups is 1. The molecule has 0 radical (unpaired) electrons. The number of carbonyl (C=O) groups excluding carboxylic acids is 1. The molecule has 0 aliphatic heterocycles. The molecular weight excluding hydrogens is 342 g/mol. The summed E-state index contributed by atoms with van der Waals surface area (Å²) in [5.41, 5.74) is 1.28. The second-order valence-corrected chi connectivity index (χ2v) is 5.47. The third-order valence-corrected chi connectivity index (χ3v) is 4.02. The molecule has 5 heteroatoms. The standard InChI is InChI=1S/C16H13BrF2O2/c1-9-6-15(21-2)11(8-12(9)17)14(20)7-10-4-3-5-13(18)16(10)19/h3-6,8H,7H2,1-2H3. The molecule has 0 heterocycles. The molecule has 0 saturated heterocycles. The van der Waals surface area contributed by atoms with Crippen LogP contribution >= 0.6 is 15.9 Å². The summed E-state index contributed by atoms with van der Waals surface area (Å²) in [6.07, 6.45) is -0.227. The van der Waals surface area contributed by atoms with Crippen molar-refractivity contribution in [1.82, 2.24) is 0 Å². The van der Waals surface area contributed by atoms with Gasteiger partial charge in [-0.1, -0.05) is 28.1 Å². The molecule has 2 rings (SSSR count). The van der Waals surface area contributed by atoms with Crippen molar-refractivity contribution in [2.45, 2.75) is 13.3 Å². The van der Waals surface area contributed by atoms with Gasteiger partial charge >= 0.3 is 0 Å². The maximum absolute atomic E-state index is 13.6. The second kappa shape index (κ2) is 6.35. The average Bonchev–Trinajstić information content (AvgIpc) is 2.46. The second-order valence-electron chi connectivity index (χ2n) is 4.61. The van der Waals surface area contributed by atoms with Gasteiger partial charge in [0.2, 0.25) is 0 Å². The predicted octanol–water partition coefficient (Wildman–Crippen LogP) is 4.47. The first kappa shape index (κ1) is 15.6. The minimum absolute atomic E-state index is 0.0266. The summed E-state index contributed by atoms with van der Waals surface area (Å²) in [5, 5.41) is 0. The van der Waals surface area contributed by atoms with E-state index in [0.717, 1.165) is 16.1 Å². The number of rotatable bonds is 4. The Bertz CT molecular complexity index is 699. The van der Waals surface area contributed by atoms with Crippen LogP contribution in [0.25, 0.3) is 0 Å². The Morgan fingerprint density at radius 1 is 1.29 bits per heavy atom. The number of benzene rings is 2. The van der Waals surface area contributed by atoms with Crippen molar-refractivity contribution in [2.75, 3.05) is 7.11 Å². The van der Waals surface area contributed by atoms with E-state index in [1.165, 1.54) is 19.2 Å². The Morgan fingerprint density at radius 3 is 2.67 bits per heavy atom. The molecule has 0 amide bonds. The highest BCUT2D eigenvalue weighted by atomic mass is 79.9. The van der Waals surface area contributed by atoms with E-state index in [1.54, 1.807) is 12.1 Å². The molecule has 2 aromatic rings. The molecule has 0 saturated carbocycles. The molecule has 0 aliphatic carbocycles. The van der Waals surface area contributed by atoms with Crippen LogP contribution in [0, 0.1) is 18.6 Å². The van der Waals surface area contributed by atoms with Gasteiger partial charge in [-0.25, -0.2) is 8.78 Å². The number of hydrogen-bond donors (Lipinski definition) is 0. The van der Waals surface area contributed by atoms with E-state index < -0.39 is 11.6 Å². The van der Waals surface area contributed by atoms with Gasteiger partial charge in [-0.15, -0.1) is 0 Å². The van der Waals surface area contributed by atoms with Crippen molar-refractivity contribution in [1.29, 1.82) is 0 Å². The van der Waals surface area contributed by atoms with E-state index >= 15 is 0 Å². The van der Waals surface area contributed by atoms with E-state index in [-0.39, 0.29) is 17.8 Å². The molecule has 0 aromatic heterocycles. The summed E-state index contributed by atoms with van der Waals surface area (Å²) in [4.78, 5) is 12.3. The lowest BCUT2D eigenvalue weighted by Crippen LogP contribution is -2.08. The fraction of sp³-hybridized carbons (Fsp3) is 0.188. The third kappa shape index (κ3) is 3.29. The van der Waals surface area contributed by atoms with Gasteiger partial charge in [0.15, 0.2) is 17.4 Å². The van der Waals surface area contributed by atoms with E-state index in [0.29, 0.717) is 11.3 Å². The summed E-state index contributed by atoms with van der Waals surface area (Å²) in [6.45, 7) is 1.87. The molecule has 21 heavy (non-hydrogen) atoms. The fourth-order valence-electron chi connectivity index (χ4n) is 1.99. The minimum atomic E-state index is -0.990. The maximum atomic E-state index is 13.6. The Morgan fingerprint density at radius 2 is 2.00 bits per heavy atom. The van der Waals surface area contributed by atoms with Crippen molar-refractivity contribution < 1.29 is 18.3 Å². The fourth-order valence-corrected chi connectivity index (χ4v) is 2.34. The average molecular weight is 355 g/mol. The van der Waals surface area contributed by atoms with Gasteiger partial charge in [0.1, 0.15) is 5.75 Å². The first-order valence-electron chi connectivity index (χ1n) is 6.24. The van der Waals surface area contributed by atoms with Crippen molar-refractivity contribution in [3.05, 3.63) is 63.1 Å². The van der Waals surface area contributed by atoms with Crippen molar-refractivity contribution in [2.24, 2.45) is 0 Å². The Balaban J connectivity index is 2.37. The monoisotopic (exact) mass is 354 g/mol. The van der Waals surface area contributed by atoms with Crippen LogP contribution in [-0.2, 0) is 6.42 Å². The number of ether oxygens (including phenoxy) is 1. The Kier molecular flexibility index (Phi) is 4.73. The van der Waals surface area contributed by atoms with Crippen LogP contribution in [-0.4, -0.2) is 12.9 Å². The first-order chi connectivity index (χ1) is 9.93. The molecule has 2 aromatic carbocycles. The van der Waals surface area contributed by atoms with Crippen molar-refractivity contribution in [3.63, 3.8) is 0 Å². The van der Waals surface area contributed by atoms with E-state index in [4.69, 9.17) is 4.74 Å². The number of aryl methyl sites for hydroxylation is 1. The van der Waals surface area contributed by atoms with Crippen LogP contribution in [0.15, 0.2) is 34.8 Å². The number of Topliss-reactive ketones (excluding diaryl/α,β-unsaturated/α-hetero) is 1. The largest absolute Gasteiger partial charge is 0.496 e. The van der Waals surface area contributed by atoms with Crippen LogP contribution in [0.1, 0.15) is 21.5 Å². The quantitative estimate of drug-likeness (QED) is 0.757. The van der Waals surface area contributed by atoms with Gasteiger partial charge in [-0.2, -0.15) is 0 Å². The summed E-state index contributed by atoms with van der Waals surface area (Å²) in [6, 6.07) is 7.15. The van der Waals surface area contributed by atoms with Crippen molar-refractivity contribution in [3.8, 4) is 5.75 Å². The summed E-state index contributed by atoms with van der Waals surface area (Å²) < 4.78 is 32.8. The number of ketones is 1. The summed E-state index contributed by atoms with van der Waals surface area (Å²) in [5.74, 6) is -1.87. The molecule has 2 nitrogen and oxygen atoms in total. The molecule has 0 atom stereocenters. The van der Waals surface area contributed by atoms with Gasteiger partial charge in [0.05, 0.1) is 12.7 Å². The van der Waals surface area contributed by atoms with Crippen LogP contribution in [0.4, 0.5) is 8.78 Å². The van der Waals surface area contributed by atoms with Gasteiger partial charge in [0.25, 0.3) is 0 Å². The molecule has 0 aliphatic rings. The SMILES string of the molecule is COc1cc(C)c(Br)cc1C(=O)Cc1cccc(F)c1F. The zero-order valence-corrected chi connectivity index (χ0v) is 13.1. The minimum Gasteiger partial charge on any atom is -0.496 e. The Labute approximate surface area is 129 Å². The third-order valence-electron chi connectivity index (χ3n) is 3.16. The van der Waals surface area contributed by atoms with Crippen LogP contribution in [0.2, 0.25) is 0 Å². The maximum Gasteiger partial charge on any atom is 0.171 e. The lowest BCUT2D eigenvalue weighted by molar-refractivity contribution is 0.0988. The van der Waals surface area contributed by atoms with Gasteiger partial charge < -0.3 is 4.74 Å². The Hall–Kier alpha value is -1.75. The molecule has 110 valence electrons. The molecule has 0 bridgehead atoms.